The van der Waals surface area contributed by atoms with Crippen LogP contribution >= 0.6 is 11.6 Å². The third-order valence-electron chi connectivity index (χ3n) is 2.51. The molecule has 0 aliphatic heterocycles. The van der Waals surface area contributed by atoms with E-state index >= 15 is 0 Å². The zero-order chi connectivity index (χ0) is 10.6. The van der Waals surface area contributed by atoms with Crippen molar-refractivity contribution in [1.82, 2.24) is 9.78 Å². The first kappa shape index (κ1) is 11.6. The first-order valence-corrected chi connectivity index (χ1v) is 5.76. The van der Waals surface area contributed by atoms with E-state index in [2.05, 4.69) is 18.1 Å². The molecule has 1 rings (SSSR count). The number of rotatable bonds is 5. The van der Waals surface area contributed by atoms with Gasteiger partial charge in [-0.25, -0.2) is 0 Å². The molecule has 3 heteroatoms. The van der Waals surface area contributed by atoms with Crippen LogP contribution in [-0.4, -0.2) is 15.7 Å². The highest BCUT2D eigenvalue weighted by atomic mass is 35.5. The third-order valence-corrected chi connectivity index (χ3v) is 2.95. The second-order valence-corrected chi connectivity index (χ2v) is 4.22. The lowest BCUT2D eigenvalue weighted by molar-refractivity contribution is 0.507. The molecule has 1 aromatic heterocycles. The molecule has 0 amide bonds. The molecule has 0 saturated heterocycles. The molecule has 0 N–H and O–H groups in total. The van der Waals surface area contributed by atoms with Gasteiger partial charge in [0.15, 0.2) is 0 Å². The number of aryl methyl sites for hydroxylation is 2. The summed E-state index contributed by atoms with van der Waals surface area (Å²) in [5.74, 6) is 1.34. The van der Waals surface area contributed by atoms with Crippen LogP contribution in [0.5, 0.6) is 0 Å². The predicted molar refractivity (Wildman–Crippen MR) is 60.8 cm³/mol. The molecule has 2 nitrogen and oxygen atoms in total. The Hall–Kier alpha value is -0.500. The summed E-state index contributed by atoms with van der Waals surface area (Å²) in [5, 5.41) is 4.33. The van der Waals surface area contributed by atoms with Gasteiger partial charge in [0.1, 0.15) is 0 Å². The fraction of sp³-hybridized carbons (Fsp3) is 0.727. The van der Waals surface area contributed by atoms with Crippen molar-refractivity contribution in [3.63, 3.8) is 0 Å². The van der Waals surface area contributed by atoms with Crippen LogP contribution in [0.3, 0.4) is 0 Å². The van der Waals surface area contributed by atoms with E-state index in [1.54, 1.807) is 0 Å². The van der Waals surface area contributed by atoms with Gasteiger partial charge in [0, 0.05) is 18.6 Å². The molecule has 0 radical (unpaired) electrons. The van der Waals surface area contributed by atoms with Crippen LogP contribution in [0.25, 0.3) is 0 Å². The molecule has 1 aromatic rings. The van der Waals surface area contributed by atoms with Crippen molar-refractivity contribution in [1.29, 1.82) is 0 Å². The maximum absolute atomic E-state index is 5.93. The van der Waals surface area contributed by atoms with Gasteiger partial charge in [-0.3, -0.25) is 4.68 Å². The minimum atomic E-state index is 0.594. The summed E-state index contributed by atoms with van der Waals surface area (Å²) in [6, 6.07) is 2.15. The molecular weight excluding hydrogens is 196 g/mol. The van der Waals surface area contributed by atoms with Gasteiger partial charge in [0.2, 0.25) is 0 Å². The van der Waals surface area contributed by atoms with Crippen LogP contribution in [0.1, 0.15) is 31.2 Å². The second-order valence-electron chi connectivity index (χ2n) is 3.91. The Morgan fingerprint density at radius 3 is 2.71 bits per heavy atom. The van der Waals surface area contributed by atoms with Crippen LogP contribution in [0, 0.1) is 12.8 Å². The number of alkyl halides is 1. The van der Waals surface area contributed by atoms with E-state index in [1.165, 1.54) is 18.5 Å². The summed E-state index contributed by atoms with van der Waals surface area (Å²) in [4.78, 5) is 0. The van der Waals surface area contributed by atoms with E-state index < -0.39 is 0 Å². The molecule has 1 atom stereocenters. The van der Waals surface area contributed by atoms with Crippen molar-refractivity contribution in [2.45, 2.75) is 33.1 Å². The molecule has 0 aromatic carbocycles. The first-order valence-electron chi connectivity index (χ1n) is 5.22. The molecule has 0 bridgehead atoms. The Balaban J connectivity index is 2.61. The molecule has 1 unspecified atom stereocenters. The van der Waals surface area contributed by atoms with Gasteiger partial charge in [-0.15, -0.1) is 11.6 Å². The van der Waals surface area contributed by atoms with Gasteiger partial charge < -0.3 is 0 Å². The van der Waals surface area contributed by atoms with Crippen molar-refractivity contribution in [2.24, 2.45) is 13.0 Å². The Labute approximate surface area is 91.3 Å². The Morgan fingerprint density at radius 2 is 2.29 bits per heavy atom. The van der Waals surface area contributed by atoms with Gasteiger partial charge in [-0.1, -0.05) is 13.3 Å². The van der Waals surface area contributed by atoms with Gasteiger partial charge in [-0.05, 0) is 31.7 Å². The van der Waals surface area contributed by atoms with E-state index in [4.69, 9.17) is 11.6 Å². The lowest BCUT2D eigenvalue weighted by Gasteiger charge is -2.12. The van der Waals surface area contributed by atoms with Crippen LogP contribution < -0.4 is 0 Å². The number of halogens is 1. The highest BCUT2D eigenvalue weighted by Gasteiger charge is 2.10. The van der Waals surface area contributed by atoms with Crippen LogP contribution in [0.2, 0.25) is 0 Å². The minimum Gasteiger partial charge on any atom is -0.272 e. The zero-order valence-electron chi connectivity index (χ0n) is 9.26. The topological polar surface area (TPSA) is 17.8 Å². The van der Waals surface area contributed by atoms with Crippen molar-refractivity contribution >= 4 is 11.6 Å². The lowest BCUT2D eigenvalue weighted by Crippen LogP contribution is -2.09. The maximum atomic E-state index is 5.93. The molecular formula is C11H19ClN2. The van der Waals surface area contributed by atoms with Crippen molar-refractivity contribution < 1.29 is 0 Å². The smallest absolute Gasteiger partial charge is 0.0596 e. The number of hydrogen-bond donors (Lipinski definition) is 0. The van der Waals surface area contributed by atoms with E-state index in [9.17, 15) is 0 Å². The summed E-state index contributed by atoms with van der Waals surface area (Å²) in [5.41, 5.74) is 2.38. The highest BCUT2D eigenvalue weighted by Crippen LogP contribution is 2.16. The van der Waals surface area contributed by atoms with Gasteiger partial charge in [0.25, 0.3) is 0 Å². The average Bonchev–Trinajstić information content (AvgIpc) is 2.44. The van der Waals surface area contributed by atoms with E-state index in [0.717, 1.165) is 18.0 Å². The van der Waals surface area contributed by atoms with Crippen molar-refractivity contribution in [2.75, 3.05) is 5.88 Å². The number of hydrogen-bond acceptors (Lipinski definition) is 1. The van der Waals surface area contributed by atoms with E-state index in [-0.39, 0.29) is 0 Å². The first-order chi connectivity index (χ1) is 6.67. The summed E-state index contributed by atoms with van der Waals surface area (Å²) < 4.78 is 1.96. The molecule has 0 aliphatic carbocycles. The summed E-state index contributed by atoms with van der Waals surface area (Å²) >= 11 is 5.93. The minimum absolute atomic E-state index is 0.594. The third kappa shape index (κ3) is 3.02. The number of nitrogens with zero attached hydrogens (tertiary/aromatic N) is 2. The second kappa shape index (κ2) is 5.40. The van der Waals surface area contributed by atoms with Gasteiger partial charge in [0.05, 0.1) is 5.69 Å². The average molecular weight is 215 g/mol. The molecule has 14 heavy (non-hydrogen) atoms. The van der Waals surface area contributed by atoms with Crippen LogP contribution in [-0.2, 0) is 13.5 Å². The molecule has 0 aliphatic rings. The molecule has 0 spiro atoms. The van der Waals surface area contributed by atoms with Crippen molar-refractivity contribution in [3.05, 3.63) is 17.5 Å². The largest absolute Gasteiger partial charge is 0.272 e. The highest BCUT2D eigenvalue weighted by molar-refractivity contribution is 6.18. The predicted octanol–water partition coefficient (Wildman–Crippen LogP) is 2.93. The summed E-state index contributed by atoms with van der Waals surface area (Å²) in [6.45, 7) is 4.23. The van der Waals surface area contributed by atoms with Crippen molar-refractivity contribution in [3.8, 4) is 0 Å². The zero-order valence-corrected chi connectivity index (χ0v) is 10.0. The number of aromatic nitrogens is 2. The quantitative estimate of drug-likeness (QED) is 0.690. The standard InChI is InChI=1S/C11H19ClN2/c1-4-5-10(8-12)7-11-6-9(2)13-14(11)3/h6,10H,4-5,7-8H2,1-3H3. The SMILES string of the molecule is CCCC(CCl)Cc1cc(C)nn1C. The normalized spacial score (nSPS) is 13.1. The van der Waals surface area contributed by atoms with Crippen LogP contribution in [0.4, 0.5) is 0 Å². The van der Waals surface area contributed by atoms with Crippen LogP contribution in [0.15, 0.2) is 6.07 Å². The Morgan fingerprint density at radius 1 is 1.57 bits per heavy atom. The van der Waals surface area contributed by atoms with E-state index in [0.29, 0.717) is 5.92 Å². The van der Waals surface area contributed by atoms with Gasteiger partial charge >= 0.3 is 0 Å². The maximum Gasteiger partial charge on any atom is 0.0596 e. The van der Waals surface area contributed by atoms with Gasteiger partial charge in [-0.2, -0.15) is 5.10 Å². The molecule has 0 saturated carbocycles. The molecule has 80 valence electrons. The lowest BCUT2D eigenvalue weighted by atomic mass is 10.00. The summed E-state index contributed by atoms with van der Waals surface area (Å²) in [7, 11) is 2.00. The van der Waals surface area contributed by atoms with E-state index in [1.807, 2.05) is 18.7 Å². The summed E-state index contributed by atoms with van der Waals surface area (Å²) in [6.07, 6.45) is 3.45. The molecule has 0 fully saturated rings. The fourth-order valence-corrected chi connectivity index (χ4v) is 2.06. The fourth-order valence-electron chi connectivity index (χ4n) is 1.79. The Bertz CT molecular complexity index is 281. The molecule has 1 heterocycles. The monoisotopic (exact) mass is 214 g/mol. The Kier molecular flexibility index (Phi) is 4.46.